The van der Waals surface area contributed by atoms with Crippen molar-refractivity contribution in [2.75, 3.05) is 13.1 Å². The Morgan fingerprint density at radius 1 is 1.09 bits per heavy atom. The Kier molecular flexibility index (Phi) is 6.11. The fourth-order valence-electron chi connectivity index (χ4n) is 5.33. The van der Waals surface area contributed by atoms with Crippen LogP contribution in [0.5, 0.6) is 5.75 Å². The summed E-state index contributed by atoms with van der Waals surface area (Å²) in [6.07, 6.45) is 3.95. The van der Waals surface area contributed by atoms with E-state index in [1.807, 2.05) is 6.07 Å². The molecule has 3 aliphatic heterocycles. The van der Waals surface area contributed by atoms with Crippen LogP contribution in [0.25, 0.3) is 16.9 Å². The molecule has 7 rings (SSSR count). The fourth-order valence-corrected chi connectivity index (χ4v) is 5.33. The Balaban J connectivity index is 0.00000253. The van der Waals surface area contributed by atoms with E-state index >= 15 is 0 Å². The zero-order valence-electron chi connectivity index (χ0n) is 19.2. The molecule has 6 heterocycles. The molecule has 9 heteroatoms. The predicted molar refractivity (Wildman–Crippen MR) is 132 cm³/mol. The molecule has 35 heavy (non-hydrogen) atoms. The Morgan fingerprint density at radius 3 is 2.63 bits per heavy atom. The molecule has 2 bridgehead atoms. The molecule has 0 amide bonds. The van der Waals surface area contributed by atoms with Gasteiger partial charge in [0, 0.05) is 54.5 Å². The first-order chi connectivity index (χ1) is 16.5. The van der Waals surface area contributed by atoms with Gasteiger partial charge in [0.25, 0.3) is 5.56 Å². The van der Waals surface area contributed by atoms with E-state index in [1.165, 1.54) is 46.9 Å². The summed E-state index contributed by atoms with van der Waals surface area (Å²) in [7, 11) is 2.07. The van der Waals surface area contributed by atoms with Gasteiger partial charge in [-0.3, -0.25) is 14.3 Å². The van der Waals surface area contributed by atoms with Crippen molar-refractivity contribution in [2.45, 2.75) is 31.9 Å². The van der Waals surface area contributed by atoms with Gasteiger partial charge in [-0.1, -0.05) is 0 Å². The van der Waals surface area contributed by atoms with Crippen molar-refractivity contribution >= 4 is 23.4 Å². The van der Waals surface area contributed by atoms with Gasteiger partial charge in [0.2, 0.25) is 0 Å². The van der Waals surface area contributed by atoms with Gasteiger partial charge < -0.3 is 9.30 Å². The second-order valence-electron chi connectivity index (χ2n) is 9.11. The van der Waals surface area contributed by atoms with E-state index in [9.17, 15) is 13.6 Å². The van der Waals surface area contributed by atoms with Gasteiger partial charge in [0.05, 0.1) is 0 Å². The molecule has 6 nitrogen and oxygen atoms in total. The van der Waals surface area contributed by atoms with E-state index in [2.05, 4.69) is 22.6 Å². The maximum atomic E-state index is 13.8. The lowest BCUT2D eigenvalue weighted by Gasteiger charge is -2.27. The third-order valence-electron chi connectivity index (χ3n) is 7.08. The molecule has 0 aliphatic carbocycles. The fraction of sp³-hybridized carbons (Fsp3) is 0.308. The van der Waals surface area contributed by atoms with Crippen molar-refractivity contribution < 1.29 is 13.5 Å². The number of aromatic nitrogens is 3. The molecule has 0 saturated carbocycles. The van der Waals surface area contributed by atoms with Crippen LogP contribution >= 0.6 is 12.4 Å². The molecule has 4 aromatic rings. The quantitative estimate of drug-likeness (QED) is 0.409. The lowest BCUT2D eigenvalue weighted by Crippen LogP contribution is -2.29. The van der Waals surface area contributed by atoms with E-state index in [4.69, 9.17) is 9.72 Å². The molecular formula is C26H25ClF2N4O2. The van der Waals surface area contributed by atoms with Gasteiger partial charge in [-0.2, -0.15) is 0 Å². The zero-order valence-corrected chi connectivity index (χ0v) is 20.0. The van der Waals surface area contributed by atoms with E-state index in [0.717, 1.165) is 36.7 Å². The van der Waals surface area contributed by atoms with Crippen molar-refractivity contribution in [3.63, 3.8) is 0 Å². The van der Waals surface area contributed by atoms with Crippen LogP contribution < -0.4 is 10.3 Å². The number of pyridine rings is 2. The highest BCUT2D eigenvalue weighted by Gasteiger charge is 2.32. The summed E-state index contributed by atoms with van der Waals surface area (Å²) >= 11 is 0. The normalized spacial score (nSPS) is 18.7. The Morgan fingerprint density at radius 2 is 1.89 bits per heavy atom. The van der Waals surface area contributed by atoms with Crippen molar-refractivity contribution in [1.29, 1.82) is 0 Å². The first kappa shape index (κ1) is 23.5. The second-order valence-corrected chi connectivity index (χ2v) is 9.11. The number of fused-ring (bicyclic) bond motifs is 3. The largest absolute Gasteiger partial charge is 0.489 e. The summed E-state index contributed by atoms with van der Waals surface area (Å²) in [4.78, 5) is 20.2. The molecular weight excluding hydrogens is 474 g/mol. The minimum atomic E-state index is -0.683. The molecule has 182 valence electrons. The maximum absolute atomic E-state index is 13.8. The van der Waals surface area contributed by atoms with Crippen molar-refractivity contribution in [2.24, 2.45) is 7.05 Å². The topological polar surface area (TPSA) is 52.3 Å². The molecule has 1 aromatic carbocycles. The monoisotopic (exact) mass is 498 g/mol. The van der Waals surface area contributed by atoms with Crippen LogP contribution in [0.2, 0.25) is 0 Å². The van der Waals surface area contributed by atoms with Crippen molar-refractivity contribution in [3.8, 4) is 11.6 Å². The maximum Gasteiger partial charge on any atom is 0.259 e. The Bertz CT molecular complexity index is 1470. The number of hydrogen-bond donors (Lipinski definition) is 0. The van der Waals surface area contributed by atoms with Crippen LogP contribution in [-0.4, -0.2) is 32.1 Å². The number of halogens is 3. The number of nitrogens with zero attached hydrogens (tertiary/aromatic N) is 4. The van der Waals surface area contributed by atoms with Crippen LogP contribution in [0.4, 0.5) is 8.78 Å². The number of benzene rings is 1. The van der Waals surface area contributed by atoms with Crippen LogP contribution in [0, 0.1) is 11.6 Å². The van der Waals surface area contributed by atoms with E-state index in [0.29, 0.717) is 17.5 Å². The van der Waals surface area contributed by atoms with Crippen molar-refractivity contribution in [3.05, 3.63) is 87.5 Å². The molecule has 0 N–H and O–H groups in total. The van der Waals surface area contributed by atoms with Crippen LogP contribution in [0.1, 0.15) is 35.6 Å². The van der Waals surface area contributed by atoms with E-state index < -0.39 is 11.6 Å². The Hall–Kier alpha value is -3.23. The van der Waals surface area contributed by atoms with Crippen LogP contribution in [-0.2, 0) is 20.2 Å². The molecule has 0 radical (unpaired) electrons. The highest BCUT2D eigenvalue weighted by atomic mass is 35.5. The van der Waals surface area contributed by atoms with Gasteiger partial charge in [-0.05, 0) is 61.8 Å². The number of hydrogen-bond acceptors (Lipinski definition) is 4. The molecule has 1 saturated heterocycles. The lowest BCUT2D eigenvalue weighted by molar-refractivity contribution is 0.220. The number of ether oxygens (including phenoxy) is 1. The first-order valence-electron chi connectivity index (χ1n) is 11.5. The minimum absolute atomic E-state index is 0. The highest BCUT2D eigenvalue weighted by Crippen LogP contribution is 2.40. The lowest BCUT2D eigenvalue weighted by atomic mass is 9.94. The highest BCUT2D eigenvalue weighted by molar-refractivity contribution is 5.85. The van der Waals surface area contributed by atoms with E-state index in [1.54, 1.807) is 12.3 Å². The first-order valence-corrected chi connectivity index (χ1v) is 11.5. The van der Waals surface area contributed by atoms with Crippen LogP contribution in [0.3, 0.4) is 0 Å². The number of piperidine rings is 1. The summed E-state index contributed by atoms with van der Waals surface area (Å²) < 4.78 is 36.2. The summed E-state index contributed by atoms with van der Waals surface area (Å²) in [5.74, 6) is 0.0721. The second kappa shape index (κ2) is 9.09. The SMILES string of the molecule is Cl.Cn1c2c(c3ccc(-n4ccc(OCc5ccc(F)cc5F)cc4=O)nc31)CN1CCC2CC1. The molecule has 3 aliphatic rings. The minimum Gasteiger partial charge on any atom is -0.489 e. The van der Waals surface area contributed by atoms with Crippen molar-refractivity contribution in [1.82, 2.24) is 19.0 Å². The molecule has 0 atom stereocenters. The third-order valence-corrected chi connectivity index (χ3v) is 7.08. The number of aryl methyl sites for hydroxylation is 1. The van der Waals surface area contributed by atoms with Gasteiger partial charge in [0.1, 0.15) is 35.5 Å². The average molecular weight is 499 g/mol. The summed E-state index contributed by atoms with van der Waals surface area (Å²) in [6, 6.07) is 10.2. The summed E-state index contributed by atoms with van der Waals surface area (Å²) in [5.41, 5.74) is 3.54. The molecule has 0 spiro atoms. The van der Waals surface area contributed by atoms with Gasteiger partial charge in [-0.15, -0.1) is 12.4 Å². The van der Waals surface area contributed by atoms with Gasteiger partial charge in [-0.25, -0.2) is 13.8 Å². The molecule has 1 fully saturated rings. The zero-order chi connectivity index (χ0) is 23.4. The standard InChI is InChI=1S/C26H24F2N4O2.ClH/c1-30-25-16-6-9-31(10-7-16)14-21(25)20-4-5-23(29-26(20)30)32-11-8-19(13-24(32)33)34-15-17-2-3-18(27)12-22(17)28;/h2-5,8,11-13,16H,6-7,9-10,14-15H2,1H3;1H. The molecule has 3 aromatic heterocycles. The predicted octanol–water partition coefficient (Wildman–Crippen LogP) is 4.70. The smallest absolute Gasteiger partial charge is 0.259 e. The van der Waals surface area contributed by atoms with E-state index in [-0.39, 0.29) is 30.1 Å². The van der Waals surface area contributed by atoms with Gasteiger partial charge in [0.15, 0.2) is 0 Å². The van der Waals surface area contributed by atoms with Crippen LogP contribution in [0.15, 0.2) is 53.5 Å². The molecule has 0 unspecified atom stereocenters. The number of rotatable bonds is 4. The third kappa shape index (κ3) is 4.10. The summed E-state index contributed by atoms with van der Waals surface area (Å²) in [5, 5.41) is 1.15. The summed E-state index contributed by atoms with van der Waals surface area (Å²) in [6.45, 7) is 3.13. The van der Waals surface area contributed by atoms with Gasteiger partial charge >= 0.3 is 0 Å². The Labute approximate surface area is 207 Å². The average Bonchev–Trinajstić information content (AvgIpc) is 2.97.